The smallest absolute Gasteiger partial charge is 0.236 e. The molecule has 3 atom stereocenters. The number of carbonyl (C=O) groups is 1. The molecule has 0 fully saturated rings. The summed E-state index contributed by atoms with van der Waals surface area (Å²) in [6.45, 7) is 6.81. The Balaban J connectivity index is 3.97. The molecule has 0 bridgehead atoms. The van der Waals surface area contributed by atoms with Gasteiger partial charge in [-0.05, 0) is 26.5 Å². The normalized spacial score (nSPS) is 16.3. The SMILES string of the molecule is CCCCNC(=O)C(C)NC(C)C(CO)SC. The van der Waals surface area contributed by atoms with Crippen molar-refractivity contribution in [1.29, 1.82) is 0 Å². The van der Waals surface area contributed by atoms with E-state index in [0.29, 0.717) is 0 Å². The predicted molar refractivity (Wildman–Crippen MR) is 74.4 cm³/mol. The Labute approximate surface area is 109 Å². The van der Waals surface area contributed by atoms with Crippen LogP contribution in [0.15, 0.2) is 0 Å². The molecule has 17 heavy (non-hydrogen) atoms. The van der Waals surface area contributed by atoms with Gasteiger partial charge in [0.05, 0.1) is 12.6 Å². The molecule has 0 radical (unpaired) electrons. The maximum absolute atomic E-state index is 11.7. The third-order valence-corrected chi connectivity index (χ3v) is 3.94. The number of unbranched alkanes of at least 4 members (excludes halogenated alkanes) is 1. The summed E-state index contributed by atoms with van der Waals surface area (Å²) >= 11 is 1.61. The summed E-state index contributed by atoms with van der Waals surface area (Å²) in [5.41, 5.74) is 0. The molecular weight excluding hydrogens is 236 g/mol. The summed E-state index contributed by atoms with van der Waals surface area (Å²) in [6, 6.07) is -0.106. The lowest BCUT2D eigenvalue weighted by atomic mass is 10.2. The number of aliphatic hydroxyl groups is 1. The van der Waals surface area contributed by atoms with Crippen molar-refractivity contribution in [2.75, 3.05) is 19.4 Å². The van der Waals surface area contributed by atoms with Crippen LogP contribution in [0.1, 0.15) is 33.6 Å². The number of hydrogen-bond donors (Lipinski definition) is 3. The number of hydrogen-bond acceptors (Lipinski definition) is 4. The molecule has 102 valence electrons. The molecule has 0 aliphatic rings. The van der Waals surface area contributed by atoms with Gasteiger partial charge in [0, 0.05) is 17.8 Å². The number of rotatable bonds is 9. The highest BCUT2D eigenvalue weighted by Gasteiger charge is 2.20. The Kier molecular flexibility index (Phi) is 9.59. The molecule has 0 aromatic carbocycles. The Hall–Kier alpha value is -0.260. The van der Waals surface area contributed by atoms with E-state index < -0.39 is 0 Å². The number of aliphatic hydroxyl groups excluding tert-OH is 1. The first-order valence-electron chi connectivity index (χ1n) is 6.24. The second-order valence-corrected chi connectivity index (χ2v) is 5.36. The van der Waals surface area contributed by atoms with Gasteiger partial charge < -0.3 is 15.7 Å². The highest BCUT2D eigenvalue weighted by Crippen LogP contribution is 2.10. The van der Waals surface area contributed by atoms with Crippen molar-refractivity contribution in [1.82, 2.24) is 10.6 Å². The highest BCUT2D eigenvalue weighted by molar-refractivity contribution is 7.99. The quantitative estimate of drug-likeness (QED) is 0.542. The Morgan fingerprint density at radius 2 is 2.06 bits per heavy atom. The Morgan fingerprint density at radius 3 is 2.53 bits per heavy atom. The van der Waals surface area contributed by atoms with Gasteiger partial charge in [0.1, 0.15) is 0 Å². The van der Waals surface area contributed by atoms with Crippen molar-refractivity contribution >= 4 is 17.7 Å². The van der Waals surface area contributed by atoms with Crippen LogP contribution >= 0.6 is 11.8 Å². The van der Waals surface area contributed by atoms with E-state index in [4.69, 9.17) is 5.11 Å². The molecule has 0 rings (SSSR count). The van der Waals surface area contributed by atoms with Gasteiger partial charge in [0.25, 0.3) is 0 Å². The molecular formula is C12H26N2O2S. The average molecular weight is 262 g/mol. The van der Waals surface area contributed by atoms with E-state index in [0.717, 1.165) is 19.4 Å². The second kappa shape index (κ2) is 9.74. The molecule has 0 saturated carbocycles. The van der Waals surface area contributed by atoms with Crippen LogP contribution < -0.4 is 10.6 Å². The van der Waals surface area contributed by atoms with Crippen molar-refractivity contribution in [3.63, 3.8) is 0 Å². The lowest BCUT2D eigenvalue weighted by Crippen LogP contribution is -2.49. The summed E-state index contributed by atoms with van der Waals surface area (Å²) in [7, 11) is 0. The van der Waals surface area contributed by atoms with Crippen LogP contribution in [0.25, 0.3) is 0 Å². The first-order valence-corrected chi connectivity index (χ1v) is 7.53. The minimum atomic E-state index is -0.219. The highest BCUT2D eigenvalue weighted by atomic mass is 32.2. The molecule has 3 unspecified atom stereocenters. The van der Waals surface area contributed by atoms with Crippen LogP contribution in [-0.4, -0.2) is 47.8 Å². The van der Waals surface area contributed by atoms with E-state index in [-0.39, 0.29) is 29.8 Å². The lowest BCUT2D eigenvalue weighted by Gasteiger charge is -2.24. The molecule has 0 aromatic heterocycles. The fourth-order valence-electron chi connectivity index (χ4n) is 1.56. The Morgan fingerprint density at radius 1 is 1.41 bits per heavy atom. The van der Waals surface area contributed by atoms with E-state index in [1.807, 2.05) is 20.1 Å². The lowest BCUT2D eigenvalue weighted by molar-refractivity contribution is -0.122. The van der Waals surface area contributed by atoms with Gasteiger partial charge in [-0.2, -0.15) is 11.8 Å². The molecule has 0 saturated heterocycles. The molecule has 0 aliphatic carbocycles. The molecule has 0 heterocycles. The summed E-state index contributed by atoms with van der Waals surface area (Å²) in [5, 5.41) is 15.4. The summed E-state index contributed by atoms with van der Waals surface area (Å²) in [5.74, 6) is 0.0306. The first kappa shape index (κ1) is 16.7. The van der Waals surface area contributed by atoms with Crippen LogP contribution in [0.4, 0.5) is 0 Å². The van der Waals surface area contributed by atoms with Gasteiger partial charge in [0.15, 0.2) is 0 Å². The van der Waals surface area contributed by atoms with Crippen molar-refractivity contribution in [2.24, 2.45) is 0 Å². The fraction of sp³-hybridized carbons (Fsp3) is 0.917. The third-order valence-electron chi connectivity index (χ3n) is 2.78. The van der Waals surface area contributed by atoms with Crippen LogP contribution in [0, 0.1) is 0 Å². The largest absolute Gasteiger partial charge is 0.395 e. The fourth-order valence-corrected chi connectivity index (χ4v) is 2.19. The monoisotopic (exact) mass is 262 g/mol. The summed E-state index contributed by atoms with van der Waals surface area (Å²) in [6.07, 6.45) is 4.06. The summed E-state index contributed by atoms with van der Waals surface area (Å²) < 4.78 is 0. The number of nitrogens with one attached hydrogen (secondary N) is 2. The van der Waals surface area contributed by atoms with Gasteiger partial charge >= 0.3 is 0 Å². The van der Waals surface area contributed by atoms with Crippen molar-refractivity contribution in [3.05, 3.63) is 0 Å². The van der Waals surface area contributed by atoms with Crippen LogP contribution in [0.2, 0.25) is 0 Å². The van der Waals surface area contributed by atoms with Gasteiger partial charge in [0.2, 0.25) is 5.91 Å². The average Bonchev–Trinajstić information content (AvgIpc) is 2.30. The van der Waals surface area contributed by atoms with Gasteiger partial charge in [-0.3, -0.25) is 4.79 Å². The maximum Gasteiger partial charge on any atom is 0.236 e. The van der Waals surface area contributed by atoms with E-state index in [1.165, 1.54) is 0 Å². The topological polar surface area (TPSA) is 61.4 Å². The van der Waals surface area contributed by atoms with Gasteiger partial charge in [-0.1, -0.05) is 13.3 Å². The molecule has 1 amide bonds. The number of carbonyl (C=O) groups excluding carboxylic acids is 1. The van der Waals surface area contributed by atoms with E-state index in [1.54, 1.807) is 11.8 Å². The van der Waals surface area contributed by atoms with Gasteiger partial charge in [-0.15, -0.1) is 0 Å². The number of thioether (sulfide) groups is 1. The third kappa shape index (κ3) is 6.91. The summed E-state index contributed by atoms with van der Waals surface area (Å²) in [4.78, 5) is 11.7. The molecule has 0 aliphatic heterocycles. The molecule has 4 nitrogen and oxygen atoms in total. The zero-order valence-electron chi connectivity index (χ0n) is 11.3. The van der Waals surface area contributed by atoms with E-state index in [2.05, 4.69) is 17.6 Å². The van der Waals surface area contributed by atoms with Crippen molar-refractivity contribution in [2.45, 2.75) is 50.9 Å². The van der Waals surface area contributed by atoms with Crippen molar-refractivity contribution in [3.8, 4) is 0 Å². The maximum atomic E-state index is 11.7. The van der Waals surface area contributed by atoms with Gasteiger partial charge in [-0.25, -0.2) is 0 Å². The first-order chi connectivity index (χ1) is 8.06. The molecule has 5 heteroatoms. The number of amides is 1. The predicted octanol–water partition coefficient (Wildman–Crippen LogP) is 0.993. The zero-order chi connectivity index (χ0) is 13.3. The Bertz CT molecular complexity index is 211. The molecule has 0 spiro atoms. The van der Waals surface area contributed by atoms with E-state index in [9.17, 15) is 4.79 Å². The van der Waals surface area contributed by atoms with Crippen LogP contribution in [-0.2, 0) is 4.79 Å². The second-order valence-electron chi connectivity index (χ2n) is 4.28. The zero-order valence-corrected chi connectivity index (χ0v) is 12.1. The molecule has 0 aromatic rings. The standard InChI is InChI=1S/C12H26N2O2S/c1-5-6-7-13-12(16)10(3)14-9(2)11(8-15)17-4/h9-11,14-15H,5-8H2,1-4H3,(H,13,16). The minimum absolute atomic E-state index is 0.0306. The molecule has 3 N–H and O–H groups in total. The van der Waals surface area contributed by atoms with Crippen LogP contribution in [0.5, 0.6) is 0 Å². The van der Waals surface area contributed by atoms with Crippen molar-refractivity contribution < 1.29 is 9.90 Å². The van der Waals surface area contributed by atoms with Crippen LogP contribution in [0.3, 0.4) is 0 Å². The minimum Gasteiger partial charge on any atom is -0.395 e. The van der Waals surface area contributed by atoms with E-state index >= 15 is 0 Å².